The minimum absolute atomic E-state index is 0.0945. The molecule has 15 heavy (non-hydrogen) atoms. The van der Waals surface area contributed by atoms with Gasteiger partial charge in [0, 0.05) is 31.3 Å². The van der Waals surface area contributed by atoms with Crippen molar-refractivity contribution in [3.05, 3.63) is 18.2 Å². The molecule has 0 aliphatic carbocycles. The highest BCUT2D eigenvalue weighted by atomic mass is 16.5. The lowest BCUT2D eigenvalue weighted by Gasteiger charge is -2.09. The summed E-state index contributed by atoms with van der Waals surface area (Å²) >= 11 is 0. The van der Waals surface area contributed by atoms with Gasteiger partial charge >= 0.3 is 0 Å². The number of hydrogen-bond acceptors (Lipinski definition) is 3. The maximum absolute atomic E-state index is 11.9. The zero-order valence-corrected chi connectivity index (χ0v) is 8.98. The molecule has 2 heterocycles. The van der Waals surface area contributed by atoms with E-state index in [2.05, 4.69) is 4.98 Å². The summed E-state index contributed by atoms with van der Waals surface area (Å²) in [7, 11) is 0. The van der Waals surface area contributed by atoms with Crippen LogP contribution in [0.2, 0.25) is 0 Å². The van der Waals surface area contributed by atoms with Gasteiger partial charge in [-0.2, -0.15) is 0 Å². The van der Waals surface area contributed by atoms with Gasteiger partial charge in [0.15, 0.2) is 5.78 Å². The molecule has 0 bridgehead atoms. The van der Waals surface area contributed by atoms with E-state index in [1.54, 1.807) is 6.20 Å². The fourth-order valence-corrected chi connectivity index (χ4v) is 1.88. The summed E-state index contributed by atoms with van der Waals surface area (Å²) in [6.45, 7) is 3.80. The lowest BCUT2D eigenvalue weighted by atomic mass is 10.0. The normalized spacial score (nSPS) is 20.7. The standard InChI is InChI=1S/C11H16N2O2/c1-2-11-12-4-5-13(11)7-10(14)9-3-6-15-8-9/h4-5,9H,2-3,6-8H2,1H3. The largest absolute Gasteiger partial charge is 0.381 e. The summed E-state index contributed by atoms with van der Waals surface area (Å²) in [6, 6.07) is 0. The first-order chi connectivity index (χ1) is 7.31. The SMILES string of the molecule is CCc1nccn1CC(=O)C1CCOC1. The van der Waals surface area contributed by atoms with Crippen LogP contribution in [-0.2, 0) is 22.5 Å². The number of aromatic nitrogens is 2. The van der Waals surface area contributed by atoms with Gasteiger partial charge < -0.3 is 9.30 Å². The fourth-order valence-electron chi connectivity index (χ4n) is 1.88. The highest BCUT2D eigenvalue weighted by Crippen LogP contribution is 2.14. The van der Waals surface area contributed by atoms with Crippen LogP contribution in [-0.4, -0.2) is 28.5 Å². The second-order valence-corrected chi connectivity index (χ2v) is 3.85. The Morgan fingerprint density at radius 1 is 1.73 bits per heavy atom. The first-order valence-corrected chi connectivity index (χ1v) is 5.41. The van der Waals surface area contributed by atoms with Crippen LogP contribution in [0.15, 0.2) is 12.4 Å². The summed E-state index contributed by atoms with van der Waals surface area (Å²) < 4.78 is 7.14. The monoisotopic (exact) mass is 208 g/mol. The molecular weight excluding hydrogens is 192 g/mol. The fraction of sp³-hybridized carbons (Fsp3) is 0.636. The van der Waals surface area contributed by atoms with Crippen molar-refractivity contribution in [3.63, 3.8) is 0 Å². The number of rotatable bonds is 4. The van der Waals surface area contributed by atoms with Gasteiger partial charge in [0.25, 0.3) is 0 Å². The average Bonchev–Trinajstić information content (AvgIpc) is 2.87. The van der Waals surface area contributed by atoms with Crippen molar-refractivity contribution in [2.45, 2.75) is 26.3 Å². The van der Waals surface area contributed by atoms with Crippen LogP contribution in [0.1, 0.15) is 19.2 Å². The zero-order valence-electron chi connectivity index (χ0n) is 8.98. The lowest BCUT2D eigenvalue weighted by molar-refractivity contribution is -0.123. The number of carbonyl (C=O) groups is 1. The molecule has 0 spiro atoms. The van der Waals surface area contributed by atoms with E-state index < -0.39 is 0 Å². The van der Waals surface area contributed by atoms with Crippen molar-refractivity contribution in [1.82, 2.24) is 9.55 Å². The van der Waals surface area contributed by atoms with Crippen molar-refractivity contribution in [2.24, 2.45) is 5.92 Å². The molecular formula is C11H16N2O2. The first kappa shape index (κ1) is 10.4. The van der Waals surface area contributed by atoms with Gasteiger partial charge in [0.2, 0.25) is 0 Å². The van der Waals surface area contributed by atoms with Crippen molar-refractivity contribution in [3.8, 4) is 0 Å². The van der Waals surface area contributed by atoms with Gasteiger partial charge in [0.05, 0.1) is 13.2 Å². The second-order valence-electron chi connectivity index (χ2n) is 3.85. The van der Waals surface area contributed by atoms with Gasteiger partial charge in [-0.25, -0.2) is 4.98 Å². The van der Waals surface area contributed by atoms with E-state index in [-0.39, 0.29) is 11.7 Å². The Balaban J connectivity index is 1.98. The summed E-state index contributed by atoms with van der Waals surface area (Å²) in [5.41, 5.74) is 0. The summed E-state index contributed by atoms with van der Waals surface area (Å²) in [5, 5.41) is 0. The quantitative estimate of drug-likeness (QED) is 0.743. The molecule has 1 saturated heterocycles. The van der Waals surface area contributed by atoms with E-state index in [1.165, 1.54) is 0 Å². The van der Waals surface area contributed by atoms with E-state index in [0.717, 1.165) is 25.3 Å². The van der Waals surface area contributed by atoms with Crippen LogP contribution in [0.3, 0.4) is 0 Å². The molecule has 1 unspecified atom stereocenters. The molecule has 1 aliphatic heterocycles. The van der Waals surface area contributed by atoms with E-state index in [0.29, 0.717) is 13.2 Å². The number of carbonyl (C=O) groups excluding carboxylic acids is 1. The van der Waals surface area contributed by atoms with Crippen LogP contribution in [0, 0.1) is 5.92 Å². The maximum atomic E-state index is 11.9. The smallest absolute Gasteiger partial charge is 0.158 e. The number of Topliss-reactive ketones (excluding diaryl/α,β-unsaturated/α-hetero) is 1. The molecule has 1 fully saturated rings. The molecule has 4 heteroatoms. The Labute approximate surface area is 89.3 Å². The topological polar surface area (TPSA) is 44.1 Å². The molecule has 4 nitrogen and oxygen atoms in total. The summed E-state index contributed by atoms with van der Waals surface area (Å²) in [4.78, 5) is 16.0. The third kappa shape index (κ3) is 2.26. The Hall–Kier alpha value is -1.16. The average molecular weight is 208 g/mol. The molecule has 0 amide bonds. The molecule has 1 aliphatic rings. The maximum Gasteiger partial charge on any atom is 0.158 e. The predicted octanol–water partition coefficient (Wildman–Crippen LogP) is 1.05. The van der Waals surface area contributed by atoms with Crippen molar-refractivity contribution in [1.29, 1.82) is 0 Å². The minimum Gasteiger partial charge on any atom is -0.381 e. The van der Waals surface area contributed by atoms with Crippen LogP contribution < -0.4 is 0 Å². The van der Waals surface area contributed by atoms with E-state index >= 15 is 0 Å². The number of ketones is 1. The van der Waals surface area contributed by atoms with Gasteiger partial charge in [0.1, 0.15) is 5.82 Å². The Morgan fingerprint density at radius 2 is 2.60 bits per heavy atom. The van der Waals surface area contributed by atoms with E-state index in [1.807, 2.05) is 17.7 Å². The van der Waals surface area contributed by atoms with Gasteiger partial charge in [-0.3, -0.25) is 4.79 Å². The van der Waals surface area contributed by atoms with Crippen molar-refractivity contribution < 1.29 is 9.53 Å². The highest BCUT2D eigenvalue weighted by Gasteiger charge is 2.23. The van der Waals surface area contributed by atoms with Crippen LogP contribution in [0.4, 0.5) is 0 Å². The number of nitrogens with zero attached hydrogens (tertiary/aromatic N) is 2. The van der Waals surface area contributed by atoms with E-state index in [9.17, 15) is 4.79 Å². The van der Waals surface area contributed by atoms with Gasteiger partial charge in [-0.15, -0.1) is 0 Å². The molecule has 0 saturated carbocycles. The second kappa shape index (κ2) is 4.57. The van der Waals surface area contributed by atoms with Gasteiger partial charge in [-0.05, 0) is 6.42 Å². The molecule has 0 aromatic carbocycles. The third-order valence-electron chi connectivity index (χ3n) is 2.83. The highest BCUT2D eigenvalue weighted by molar-refractivity contribution is 5.81. The van der Waals surface area contributed by atoms with Crippen LogP contribution >= 0.6 is 0 Å². The van der Waals surface area contributed by atoms with Crippen LogP contribution in [0.5, 0.6) is 0 Å². The summed E-state index contributed by atoms with van der Waals surface area (Å²) in [6.07, 6.45) is 5.35. The molecule has 1 aromatic rings. The Morgan fingerprint density at radius 3 is 3.27 bits per heavy atom. The predicted molar refractivity (Wildman–Crippen MR) is 55.5 cm³/mol. The molecule has 82 valence electrons. The Bertz CT molecular complexity index is 340. The van der Waals surface area contributed by atoms with Crippen molar-refractivity contribution >= 4 is 5.78 Å². The molecule has 1 atom stereocenters. The van der Waals surface area contributed by atoms with Crippen LogP contribution in [0.25, 0.3) is 0 Å². The Kier molecular flexibility index (Phi) is 3.16. The third-order valence-corrected chi connectivity index (χ3v) is 2.83. The van der Waals surface area contributed by atoms with Gasteiger partial charge in [-0.1, -0.05) is 6.92 Å². The molecule has 1 aromatic heterocycles. The summed E-state index contributed by atoms with van der Waals surface area (Å²) in [5.74, 6) is 1.33. The number of ether oxygens (including phenoxy) is 1. The van der Waals surface area contributed by atoms with Crippen molar-refractivity contribution in [2.75, 3.05) is 13.2 Å². The molecule has 0 N–H and O–H groups in total. The lowest BCUT2D eigenvalue weighted by Crippen LogP contribution is -2.21. The molecule has 2 rings (SSSR count). The minimum atomic E-state index is 0.0945. The van der Waals surface area contributed by atoms with E-state index in [4.69, 9.17) is 4.74 Å². The number of hydrogen-bond donors (Lipinski definition) is 0. The first-order valence-electron chi connectivity index (χ1n) is 5.41. The molecule has 0 radical (unpaired) electrons. The zero-order chi connectivity index (χ0) is 10.7. The number of imidazole rings is 1. The number of aryl methyl sites for hydroxylation is 1.